The monoisotopic (exact) mass is 274 g/mol. The molecular formula is C20H34. The molecule has 0 saturated heterocycles. The maximum Gasteiger partial charge on any atom is -0.0200 e. The third-order valence-electron chi connectivity index (χ3n) is 8.02. The van der Waals surface area contributed by atoms with Crippen molar-refractivity contribution in [3.8, 4) is 0 Å². The van der Waals surface area contributed by atoms with Gasteiger partial charge in [-0.05, 0) is 67.1 Å². The Balaban J connectivity index is 1.91. The van der Waals surface area contributed by atoms with Gasteiger partial charge in [-0.3, -0.25) is 0 Å². The van der Waals surface area contributed by atoms with E-state index in [9.17, 15) is 0 Å². The summed E-state index contributed by atoms with van der Waals surface area (Å²) in [5.41, 5.74) is 2.96. The first kappa shape index (κ1) is 14.7. The fraction of sp³-hybridized carbons (Fsp3) is 0.900. The molecule has 3 fully saturated rings. The number of allylic oxidation sites excluding steroid dienone is 1. The van der Waals surface area contributed by atoms with Crippen molar-refractivity contribution in [2.75, 3.05) is 0 Å². The minimum absolute atomic E-state index is 0.665. The van der Waals surface area contributed by atoms with Crippen LogP contribution in [0, 0.1) is 28.6 Å². The van der Waals surface area contributed by atoms with E-state index in [1.807, 2.05) is 0 Å². The normalized spacial score (nSPS) is 43.8. The van der Waals surface area contributed by atoms with E-state index < -0.39 is 0 Å². The average Bonchev–Trinajstić information content (AvgIpc) is 2.49. The van der Waals surface area contributed by atoms with Crippen molar-refractivity contribution in [3.63, 3.8) is 0 Å². The van der Waals surface area contributed by atoms with Crippen LogP contribution in [0.4, 0.5) is 0 Å². The quantitative estimate of drug-likeness (QED) is 0.513. The van der Waals surface area contributed by atoms with E-state index in [0.717, 1.165) is 17.8 Å². The lowest BCUT2D eigenvalue weighted by atomic mass is 9.43. The molecule has 4 unspecified atom stereocenters. The summed E-state index contributed by atoms with van der Waals surface area (Å²) in [6, 6.07) is 0. The first-order valence-electron chi connectivity index (χ1n) is 9.24. The zero-order valence-electron chi connectivity index (χ0n) is 14.0. The molecule has 0 bridgehead atoms. The second-order valence-electron chi connectivity index (χ2n) is 8.34. The Morgan fingerprint density at radius 1 is 1.10 bits per heavy atom. The van der Waals surface area contributed by atoms with Crippen LogP contribution in [0.2, 0.25) is 0 Å². The SMILES string of the molecule is C=C1CC2CC(CC)(CC)CCC23CCCCC3C1C. The van der Waals surface area contributed by atoms with Crippen LogP contribution in [0.1, 0.15) is 85.0 Å². The highest BCUT2D eigenvalue weighted by atomic mass is 14.6. The fourth-order valence-corrected chi connectivity index (χ4v) is 6.34. The van der Waals surface area contributed by atoms with Gasteiger partial charge in [-0.2, -0.15) is 0 Å². The zero-order valence-corrected chi connectivity index (χ0v) is 14.0. The van der Waals surface area contributed by atoms with E-state index >= 15 is 0 Å². The molecule has 3 rings (SSSR count). The number of hydrogen-bond acceptors (Lipinski definition) is 0. The standard InChI is InChI=1S/C20H34/c1-5-19(6-2)11-12-20-10-8-7-9-18(20)16(4)15(3)13-17(20)14-19/h16-18H,3,5-14H2,1-2,4H3. The third-order valence-corrected chi connectivity index (χ3v) is 8.02. The van der Waals surface area contributed by atoms with Gasteiger partial charge in [0.1, 0.15) is 0 Å². The van der Waals surface area contributed by atoms with Crippen LogP contribution < -0.4 is 0 Å². The lowest BCUT2D eigenvalue weighted by Gasteiger charge is -2.61. The highest BCUT2D eigenvalue weighted by Gasteiger charge is 2.55. The summed E-state index contributed by atoms with van der Waals surface area (Å²) >= 11 is 0. The fourth-order valence-electron chi connectivity index (χ4n) is 6.34. The van der Waals surface area contributed by atoms with E-state index in [-0.39, 0.29) is 0 Å². The van der Waals surface area contributed by atoms with Gasteiger partial charge in [0.25, 0.3) is 0 Å². The maximum absolute atomic E-state index is 4.47. The predicted molar refractivity (Wildman–Crippen MR) is 87.7 cm³/mol. The third kappa shape index (κ3) is 2.01. The van der Waals surface area contributed by atoms with E-state index in [2.05, 4.69) is 27.4 Å². The maximum atomic E-state index is 4.47. The van der Waals surface area contributed by atoms with Crippen molar-refractivity contribution in [2.24, 2.45) is 28.6 Å². The van der Waals surface area contributed by atoms with Crippen LogP contribution in [0.25, 0.3) is 0 Å². The molecule has 1 spiro atoms. The summed E-state index contributed by atoms with van der Waals surface area (Å²) in [7, 11) is 0. The Morgan fingerprint density at radius 2 is 1.85 bits per heavy atom. The van der Waals surface area contributed by atoms with Crippen LogP contribution in [0.15, 0.2) is 12.2 Å². The molecule has 0 nitrogen and oxygen atoms in total. The van der Waals surface area contributed by atoms with Crippen molar-refractivity contribution in [3.05, 3.63) is 12.2 Å². The van der Waals surface area contributed by atoms with E-state index in [4.69, 9.17) is 0 Å². The van der Waals surface area contributed by atoms with Crippen molar-refractivity contribution in [2.45, 2.75) is 85.0 Å². The minimum Gasteiger partial charge on any atom is -0.0996 e. The van der Waals surface area contributed by atoms with Gasteiger partial charge in [0.15, 0.2) is 0 Å². The molecule has 0 amide bonds. The highest BCUT2D eigenvalue weighted by Crippen LogP contribution is 2.65. The summed E-state index contributed by atoms with van der Waals surface area (Å²) in [6.07, 6.45) is 14.7. The highest BCUT2D eigenvalue weighted by molar-refractivity contribution is 5.16. The Bertz CT molecular complexity index is 375. The second-order valence-corrected chi connectivity index (χ2v) is 8.34. The van der Waals surface area contributed by atoms with Gasteiger partial charge in [0.2, 0.25) is 0 Å². The Kier molecular flexibility index (Phi) is 3.80. The van der Waals surface area contributed by atoms with Gasteiger partial charge in [0, 0.05) is 0 Å². The smallest absolute Gasteiger partial charge is 0.0200 e. The number of rotatable bonds is 2. The van der Waals surface area contributed by atoms with Crippen LogP contribution >= 0.6 is 0 Å². The van der Waals surface area contributed by atoms with Gasteiger partial charge < -0.3 is 0 Å². The molecule has 0 aromatic heterocycles. The lowest BCUT2D eigenvalue weighted by Crippen LogP contribution is -2.52. The molecule has 0 heterocycles. The number of hydrogen-bond donors (Lipinski definition) is 0. The Labute approximate surface area is 126 Å². The molecule has 0 aromatic carbocycles. The largest absolute Gasteiger partial charge is 0.0996 e. The molecule has 114 valence electrons. The minimum atomic E-state index is 0.665. The molecule has 0 aliphatic heterocycles. The molecule has 0 aromatic rings. The summed E-state index contributed by atoms with van der Waals surface area (Å²) in [4.78, 5) is 0. The van der Waals surface area contributed by atoms with Crippen LogP contribution in [-0.2, 0) is 0 Å². The molecule has 0 N–H and O–H groups in total. The van der Waals surface area contributed by atoms with Gasteiger partial charge in [-0.25, -0.2) is 0 Å². The van der Waals surface area contributed by atoms with Gasteiger partial charge in [-0.15, -0.1) is 0 Å². The zero-order chi connectivity index (χ0) is 14.4. The summed E-state index contributed by atoms with van der Waals surface area (Å²) in [5, 5.41) is 0. The first-order chi connectivity index (χ1) is 9.57. The molecule has 20 heavy (non-hydrogen) atoms. The molecule has 0 radical (unpaired) electrons. The average molecular weight is 274 g/mol. The Morgan fingerprint density at radius 3 is 2.55 bits per heavy atom. The summed E-state index contributed by atoms with van der Waals surface area (Å²) in [6.45, 7) is 11.8. The van der Waals surface area contributed by atoms with Crippen LogP contribution in [0.5, 0.6) is 0 Å². The Hall–Kier alpha value is -0.260. The van der Waals surface area contributed by atoms with Crippen molar-refractivity contribution >= 4 is 0 Å². The van der Waals surface area contributed by atoms with E-state index in [1.165, 1.54) is 64.2 Å². The van der Waals surface area contributed by atoms with Gasteiger partial charge >= 0.3 is 0 Å². The first-order valence-corrected chi connectivity index (χ1v) is 9.24. The second kappa shape index (κ2) is 5.18. The molecular weight excluding hydrogens is 240 g/mol. The molecule has 0 heteroatoms. The van der Waals surface area contributed by atoms with Crippen molar-refractivity contribution in [1.29, 1.82) is 0 Å². The molecule has 4 atom stereocenters. The molecule has 3 aliphatic rings. The van der Waals surface area contributed by atoms with E-state index in [1.54, 1.807) is 5.57 Å². The molecule has 3 saturated carbocycles. The summed E-state index contributed by atoms with van der Waals surface area (Å²) < 4.78 is 0. The van der Waals surface area contributed by atoms with Crippen molar-refractivity contribution in [1.82, 2.24) is 0 Å². The van der Waals surface area contributed by atoms with Crippen LogP contribution in [-0.4, -0.2) is 0 Å². The predicted octanol–water partition coefficient (Wildman–Crippen LogP) is 6.37. The van der Waals surface area contributed by atoms with Gasteiger partial charge in [0.05, 0.1) is 0 Å². The van der Waals surface area contributed by atoms with Gasteiger partial charge in [-0.1, -0.05) is 58.6 Å². The van der Waals surface area contributed by atoms with E-state index in [0.29, 0.717) is 10.8 Å². The van der Waals surface area contributed by atoms with Crippen LogP contribution in [0.3, 0.4) is 0 Å². The lowest BCUT2D eigenvalue weighted by molar-refractivity contribution is -0.0920. The van der Waals surface area contributed by atoms with Crippen molar-refractivity contribution < 1.29 is 0 Å². The molecule has 3 aliphatic carbocycles. The summed E-state index contributed by atoms with van der Waals surface area (Å²) in [5.74, 6) is 2.72. The topological polar surface area (TPSA) is 0 Å².